The minimum atomic E-state index is -1.25. The predicted molar refractivity (Wildman–Crippen MR) is 60.6 cm³/mol. The molecule has 0 aliphatic carbocycles. The second-order valence-electron chi connectivity index (χ2n) is 3.17. The Morgan fingerprint density at radius 2 is 1.83 bits per heavy atom. The molecule has 0 aliphatic heterocycles. The molecule has 94 valence electrons. The Bertz CT molecular complexity index is 517. The summed E-state index contributed by atoms with van der Waals surface area (Å²) in [5.74, 6) is -2.81. The Morgan fingerprint density at radius 1 is 1.22 bits per heavy atom. The molecule has 0 bridgehead atoms. The van der Waals surface area contributed by atoms with Crippen molar-refractivity contribution in [2.24, 2.45) is 0 Å². The molecule has 1 rings (SSSR count). The Balaban J connectivity index is 3.21. The van der Waals surface area contributed by atoms with Gasteiger partial charge < -0.3 is 14.6 Å². The summed E-state index contributed by atoms with van der Waals surface area (Å²) in [6.45, 7) is 3.21. The number of carbonyl (C=O) groups is 3. The first-order chi connectivity index (χ1) is 8.47. The Labute approximate surface area is 102 Å². The van der Waals surface area contributed by atoms with Crippen molar-refractivity contribution in [3.63, 3.8) is 0 Å². The topological polar surface area (TPSA) is 89.9 Å². The molecule has 0 saturated heterocycles. The van der Waals surface area contributed by atoms with Gasteiger partial charge in [0.2, 0.25) is 0 Å². The SMILES string of the molecule is C=CC(=O)Oc1cc(C(=O)O)cc(C(=O)OC)c1. The van der Waals surface area contributed by atoms with Gasteiger partial charge in [0.05, 0.1) is 18.2 Å². The van der Waals surface area contributed by atoms with E-state index in [1.165, 1.54) is 6.07 Å². The van der Waals surface area contributed by atoms with Crippen LogP contribution in [0.15, 0.2) is 30.9 Å². The summed E-state index contributed by atoms with van der Waals surface area (Å²) >= 11 is 0. The molecule has 1 aromatic rings. The highest BCUT2D eigenvalue weighted by Crippen LogP contribution is 2.18. The molecule has 0 unspecified atom stereocenters. The van der Waals surface area contributed by atoms with E-state index in [9.17, 15) is 14.4 Å². The van der Waals surface area contributed by atoms with Crippen LogP contribution in [0.4, 0.5) is 0 Å². The molecule has 0 saturated carbocycles. The van der Waals surface area contributed by atoms with Crippen molar-refractivity contribution in [1.29, 1.82) is 0 Å². The lowest BCUT2D eigenvalue weighted by molar-refractivity contribution is -0.128. The van der Waals surface area contributed by atoms with Gasteiger partial charge in [-0.05, 0) is 18.2 Å². The van der Waals surface area contributed by atoms with Crippen LogP contribution < -0.4 is 4.74 Å². The van der Waals surface area contributed by atoms with Crippen LogP contribution in [0.2, 0.25) is 0 Å². The third-order valence-electron chi connectivity index (χ3n) is 1.96. The predicted octanol–water partition coefficient (Wildman–Crippen LogP) is 1.26. The molecule has 6 heteroatoms. The van der Waals surface area contributed by atoms with Gasteiger partial charge in [-0.3, -0.25) is 0 Å². The molecule has 0 atom stereocenters. The lowest BCUT2D eigenvalue weighted by Gasteiger charge is -2.06. The lowest BCUT2D eigenvalue weighted by atomic mass is 10.1. The molecule has 0 amide bonds. The van der Waals surface area contributed by atoms with Crippen molar-refractivity contribution in [1.82, 2.24) is 0 Å². The number of hydrogen-bond acceptors (Lipinski definition) is 5. The minimum absolute atomic E-state index is 0.0238. The third kappa shape index (κ3) is 3.18. The third-order valence-corrected chi connectivity index (χ3v) is 1.96. The molecule has 1 N–H and O–H groups in total. The summed E-state index contributed by atoms with van der Waals surface area (Å²) in [5.41, 5.74) is -0.214. The van der Waals surface area contributed by atoms with Crippen LogP contribution in [0.3, 0.4) is 0 Å². The van der Waals surface area contributed by atoms with Gasteiger partial charge in [0.1, 0.15) is 5.75 Å². The first-order valence-corrected chi connectivity index (χ1v) is 4.79. The highest BCUT2D eigenvalue weighted by atomic mass is 16.5. The zero-order valence-corrected chi connectivity index (χ0v) is 9.50. The number of methoxy groups -OCH3 is 1. The Hall–Kier alpha value is -2.63. The zero-order valence-electron chi connectivity index (χ0n) is 9.50. The maximum Gasteiger partial charge on any atom is 0.338 e. The number of carbonyl (C=O) groups excluding carboxylic acids is 2. The number of carboxylic acids is 1. The van der Waals surface area contributed by atoms with Crippen LogP contribution in [-0.2, 0) is 9.53 Å². The zero-order chi connectivity index (χ0) is 13.7. The normalized spacial score (nSPS) is 9.39. The Kier molecular flexibility index (Phi) is 4.20. The van der Waals surface area contributed by atoms with Crippen molar-refractivity contribution >= 4 is 17.9 Å². The highest BCUT2D eigenvalue weighted by molar-refractivity contribution is 5.95. The summed E-state index contributed by atoms with van der Waals surface area (Å²) in [6.07, 6.45) is 0.922. The van der Waals surface area contributed by atoms with Crippen molar-refractivity contribution in [2.45, 2.75) is 0 Å². The molecule has 0 radical (unpaired) electrons. The number of aromatic carboxylic acids is 1. The van der Waals surface area contributed by atoms with Crippen LogP contribution in [-0.4, -0.2) is 30.1 Å². The van der Waals surface area contributed by atoms with E-state index in [1.807, 2.05) is 0 Å². The fourth-order valence-corrected chi connectivity index (χ4v) is 1.17. The monoisotopic (exact) mass is 250 g/mol. The standard InChI is InChI=1S/C12H10O6/c1-3-10(13)18-9-5-7(11(14)15)4-8(6-9)12(16)17-2/h3-6H,1H2,2H3,(H,14,15). The summed E-state index contributed by atoms with van der Waals surface area (Å²) in [4.78, 5) is 33.2. The van der Waals surface area contributed by atoms with Crippen molar-refractivity contribution in [3.8, 4) is 5.75 Å². The van der Waals surface area contributed by atoms with E-state index in [4.69, 9.17) is 9.84 Å². The maximum atomic E-state index is 11.3. The quantitative estimate of drug-likeness (QED) is 0.491. The second kappa shape index (κ2) is 5.62. The molecular formula is C12H10O6. The maximum absolute atomic E-state index is 11.3. The fourth-order valence-electron chi connectivity index (χ4n) is 1.17. The molecule has 0 spiro atoms. The first-order valence-electron chi connectivity index (χ1n) is 4.79. The van der Waals surface area contributed by atoms with Gasteiger partial charge in [0, 0.05) is 6.08 Å². The summed E-state index contributed by atoms with van der Waals surface area (Å²) in [5, 5.41) is 8.87. The van der Waals surface area contributed by atoms with Crippen LogP contribution in [0, 0.1) is 0 Å². The second-order valence-corrected chi connectivity index (χ2v) is 3.17. The smallest absolute Gasteiger partial charge is 0.338 e. The van der Waals surface area contributed by atoms with E-state index >= 15 is 0 Å². The van der Waals surface area contributed by atoms with Gasteiger partial charge in [-0.2, -0.15) is 0 Å². The number of esters is 2. The fraction of sp³-hybridized carbons (Fsp3) is 0.0833. The summed E-state index contributed by atoms with van der Waals surface area (Å²) < 4.78 is 9.23. The van der Waals surface area contributed by atoms with E-state index < -0.39 is 17.9 Å². The van der Waals surface area contributed by atoms with Crippen LogP contribution in [0.25, 0.3) is 0 Å². The van der Waals surface area contributed by atoms with E-state index in [2.05, 4.69) is 11.3 Å². The van der Waals surface area contributed by atoms with Crippen LogP contribution in [0.5, 0.6) is 5.75 Å². The number of ether oxygens (including phenoxy) is 2. The number of carboxylic acid groups (broad SMARTS) is 1. The lowest BCUT2D eigenvalue weighted by Crippen LogP contribution is -2.08. The molecule has 0 aromatic heterocycles. The number of rotatable bonds is 4. The number of benzene rings is 1. The molecule has 18 heavy (non-hydrogen) atoms. The first kappa shape index (κ1) is 13.4. The van der Waals surface area contributed by atoms with Crippen LogP contribution >= 0.6 is 0 Å². The van der Waals surface area contributed by atoms with Gasteiger partial charge in [0.15, 0.2) is 0 Å². The highest BCUT2D eigenvalue weighted by Gasteiger charge is 2.14. The molecule has 0 heterocycles. The van der Waals surface area contributed by atoms with Crippen LogP contribution in [0.1, 0.15) is 20.7 Å². The minimum Gasteiger partial charge on any atom is -0.478 e. The van der Waals surface area contributed by atoms with Gasteiger partial charge in [-0.25, -0.2) is 14.4 Å². The number of hydrogen-bond donors (Lipinski definition) is 1. The van der Waals surface area contributed by atoms with Gasteiger partial charge >= 0.3 is 17.9 Å². The average molecular weight is 250 g/mol. The molecule has 0 aliphatic rings. The summed E-state index contributed by atoms with van der Waals surface area (Å²) in [7, 11) is 1.16. The van der Waals surface area contributed by atoms with Gasteiger partial charge in [-0.1, -0.05) is 6.58 Å². The average Bonchev–Trinajstić information content (AvgIpc) is 2.37. The van der Waals surface area contributed by atoms with Crippen molar-refractivity contribution in [2.75, 3.05) is 7.11 Å². The molecule has 0 fully saturated rings. The summed E-state index contributed by atoms with van der Waals surface area (Å²) in [6, 6.07) is 3.45. The largest absolute Gasteiger partial charge is 0.478 e. The molecular weight excluding hydrogens is 240 g/mol. The van der Waals surface area contributed by atoms with E-state index in [1.54, 1.807) is 0 Å². The molecule has 6 nitrogen and oxygen atoms in total. The van der Waals surface area contributed by atoms with Gasteiger partial charge in [0.25, 0.3) is 0 Å². The van der Waals surface area contributed by atoms with Gasteiger partial charge in [-0.15, -0.1) is 0 Å². The molecule has 1 aromatic carbocycles. The van der Waals surface area contributed by atoms with E-state index in [0.717, 1.165) is 25.3 Å². The Morgan fingerprint density at radius 3 is 2.33 bits per heavy atom. The van der Waals surface area contributed by atoms with E-state index in [-0.39, 0.29) is 16.9 Å². The van der Waals surface area contributed by atoms with E-state index in [0.29, 0.717) is 0 Å². The van der Waals surface area contributed by atoms with Crippen molar-refractivity contribution < 1.29 is 29.0 Å². The van der Waals surface area contributed by atoms with Crippen molar-refractivity contribution in [3.05, 3.63) is 42.0 Å².